The average molecular weight is 237 g/mol. The van der Waals surface area contributed by atoms with Crippen molar-refractivity contribution in [3.8, 4) is 0 Å². The van der Waals surface area contributed by atoms with Gasteiger partial charge in [-0.25, -0.2) is 0 Å². The van der Waals surface area contributed by atoms with Gasteiger partial charge >= 0.3 is 0 Å². The summed E-state index contributed by atoms with van der Waals surface area (Å²) in [6.07, 6.45) is -0.00768. The Balaban J connectivity index is 3.38. The molecule has 0 saturated heterocycles. The number of aldehydes is 1. The molecule has 0 aliphatic carbocycles. The quantitative estimate of drug-likeness (QED) is 0.256. The van der Waals surface area contributed by atoms with E-state index >= 15 is 0 Å². The summed E-state index contributed by atoms with van der Waals surface area (Å²) in [5.74, 6) is -1.74. The highest BCUT2D eigenvalue weighted by atomic mass is 16.6. The predicted octanol–water partition coefficient (Wildman–Crippen LogP) is 0.151. The molecule has 1 rings (SSSR count). The second-order valence-electron chi connectivity index (χ2n) is 3.09. The SMILES string of the molecule is O=CC(=O)c1cc(C(=O)CO)cc([N+](=O)[O-])c1. The molecule has 0 saturated carbocycles. The number of carbonyl (C=O) groups excluding carboxylic acids is 3. The molecule has 0 aliphatic heterocycles. The van der Waals surface area contributed by atoms with Crippen molar-refractivity contribution in [1.29, 1.82) is 0 Å². The number of hydrogen-bond acceptors (Lipinski definition) is 6. The molecule has 1 aromatic carbocycles. The van der Waals surface area contributed by atoms with Crippen LogP contribution in [0.15, 0.2) is 18.2 Å². The first-order valence-corrected chi connectivity index (χ1v) is 4.42. The number of non-ortho nitro benzene ring substituents is 1. The molecule has 0 atom stereocenters. The average Bonchev–Trinajstić information content (AvgIpc) is 2.36. The molecule has 0 bridgehead atoms. The molecule has 1 aromatic rings. The van der Waals surface area contributed by atoms with Gasteiger partial charge in [-0.1, -0.05) is 0 Å². The normalized spacial score (nSPS) is 9.71. The Hall–Kier alpha value is -2.41. The number of nitrogens with zero attached hydrogens (tertiary/aromatic N) is 1. The fourth-order valence-electron chi connectivity index (χ4n) is 1.18. The third-order valence-corrected chi connectivity index (χ3v) is 1.99. The van der Waals surface area contributed by atoms with E-state index in [2.05, 4.69) is 0 Å². The smallest absolute Gasteiger partial charge is 0.270 e. The number of nitro groups is 1. The molecule has 0 aromatic heterocycles. The maximum Gasteiger partial charge on any atom is 0.270 e. The summed E-state index contributed by atoms with van der Waals surface area (Å²) in [6.45, 7) is -0.837. The first kappa shape index (κ1) is 12.7. The summed E-state index contributed by atoms with van der Waals surface area (Å²) in [5, 5.41) is 19.2. The van der Waals surface area contributed by atoms with Crippen LogP contribution in [-0.4, -0.2) is 34.5 Å². The van der Waals surface area contributed by atoms with Crippen molar-refractivity contribution in [2.24, 2.45) is 0 Å². The standard InChI is InChI=1S/C10H7NO6/c12-4-9(14)6-1-7(10(15)5-13)3-8(2-6)11(16)17/h1-4,13H,5H2. The Kier molecular flexibility index (Phi) is 3.78. The van der Waals surface area contributed by atoms with Crippen molar-refractivity contribution in [2.75, 3.05) is 6.61 Å². The van der Waals surface area contributed by atoms with E-state index in [1.54, 1.807) is 0 Å². The van der Waals surface area contributed by atoms with Crippen LogP contribution in [0.5, 0.6) is 0 Å². The molecule has 7 heteroatoms. The van der Waals surface area contributed by atoms with Crippen molar-refractivity contribution in [2.45, 2.75) is 0 Å². The molecule has 0 amide bonds. The molecule has 0 fully saturated rings. The van der Waals surface area contributed by atoms with Gasteiger partial charge in [0, 0.05) is 23.3 Å². The number of rotatable bonds is 5. The highest BCUT2D eigenvalue weighted by molar-refractivity contribution is 6.33. The molecule has 0 spiro atoms. The van der Waals surface area contributed by atoms with E-state index in [9.17, 15) is 24.5 Å². The molecular weight excluding hydrogens is 230 g/mol. The fraction of sp³-hybridized carbons (Fsp3) is 0.100. The van der Waals surface area contributed by atoms with Gasteiger partial charge in [-0.15, -0.1) is 0 Å². The monoisotopic (exact) mass is 237 g/mol. The van der Waals surface area contributed by atoms with Gasteiger partial charge in [0.1, 0.15) is 6.61 Å². The first-order valence-electron chi connectivity index (χ1n) is 4.42. The zero-order valence-corrected chi connectivity index (χ0v) is 8.45. The Labute approximate surface area is 94.8 Å². The van der Waals surface area contributed by atoms with E-state index in [-0.39, 0.29) is 17.4 Å². The van der Waals surface area contributed by atoms with Gasteiger partial charge in [0.25, 0.3) is 5.69 Å². The second kappa shape index (κ2) is 5.08. The van der Waals surface area contributed by atoms with E-state index in [0.29, 0.717) is 0 Å². The van der Waals surface area contributed by atoms with Crippen molar-refractivity contribution < 1.29 is 24.4 Å². The Morgan fingerprint density at radius 3 is 2.35 bits per heavy atom. The number of carbonyl (C=O) groups is 3. The number of ketones is 2. The summed E-state index contributed by atoms with van der Waals surface area (Å²) >= 11 is 0. The Bertz CT molecular complexity index is 508. The lowest BCUT2D eigenvalue weighted by Crippen LogP contribution is -2.08. The first-order chi connectivity index (χ1) is 7.99. The summed E-state index contributed by atoms with van der Waals surface area (Å²) in [4.78, 5) is 42.3. The number of nitro benzene ring substituents is 1. The van der Waals surface area contributed by atoms with Crippen LogP contribution in [0.2, 0.25) is 0 Å². The van der Waals surface area contributed by atoms with Crippen molar-refractivity contribution in [3.05, 3.63) is 39.4 Å². The number of aliphatic hydroxyl groups is 1. The minimum atomic E-state index is -0.972. The van der Waals surface area contributed by atoms with Gasteiger partial charge in [0.05, 0.1) is 4.92 Å². The van der Waals surface area contributed by atoms with Crippen LogP contribution >= 0.6 is 0 Å². The van der Waals surface area contributed by atoms with E-state index in [0.717, 1.165) is 18.2 Å². The molecule has 0 aliphatic rings. The third kappa shape index (κ3) is 2.79. The summed E-state index contributed by atoms with van der Waals surface area (Å²) in [6, 6.07) is 2.85. The van der Waals surface area contributed by atoms with E-state index < -0.39 is 28.8 Å². The lowest BCUT2D eigenvalue weighted by molar-refractivity contribution is -0.384. The van der Waals surface area contributed by atoms with Crippen LogP contribution in [0.4, 0.5) is 5.69 Å². The zero-order chi connectivity index (χ0) is 13.0. The second-order valence-corrected chi connectivity index (χ2v) is 3.09. The van der Waals surface area contributed by atoms with Crippen molar-refractivity contribution in [1.82, 2.24) is 0 Å². The van der Waals surface area contributed by atoms with Crippen molar-refractivity contribution >= 4 is 23.5 Å². The summed E-state index contributed by atoms with van der Waals surface area (Å²) < 4.78 is 0. The van der Waals surface area contributed by atoms with Crippen LogP contribution in [-0.2, 0) is 4.79 Å². The van der Waals surface area contributed by atoms with Crippen LogP contribution in [0, 0.1) is 10.1 Å². The third-order valence-electron chi connectivity index (χ3n) is 1.99. The lowest BCUT2D eigenvalue weighted by Gasteiger charge is -2.01. The molecule has 1 N–H and O–H groups in total. The van der Waals surface area contributed by atoms with Crippen LogP contribution in [0.1, 0.15) is 20.7 Å². The predicted molar refractivity (Wildman–Crippen MR) is 54.9 cm³/mol. The van der Waals surface area contributed by atoms with Gasteiger partial charge < -0.3 is 5.11 Å². The minimum Gasteiger partial charge on any atom is -0.388 e. The number of hydrogen-bond donors (Lipinski definition) is 1. The van der Waals surface area contributed by atoms with Gasteiger partial charge in [0.15, 0.2) is 12.1 Å². The molecule has 7 nitrogen and oxygen atoms in total. The molecule has 88 valence electrons. The number of aliphatic hydroxyl groups excluding tert-OH is 1. The zero-order valence-electron chi connectivity index (χ0n) is 8.45. The van der Waals surface area contributed by atoms with Crippen LogP contribution in [0.25, 0.3) is 0 Å². The Morgan fingerprint density at radius 2 is 1.88 bits per heavy atom. The summed E-state index contributed by atoms with van der Waals surface area (Å²) in [7, 11) is 0. The molecule has 0 heterocycles. The van der Waals surface area contributed by atoms with E-state index in [1.165, 1.54) is 0 Å². The van der Waals surface area contributed by atoms with Crippen LogP contribution < -0.4 is 0 Å². The van der Waals surface area contributed by atoms with Gasteiger partial charge in [-0.3, -0.25) is 24.5 Å². The van der Waals surface area contributed by atoms with Crippen molar-refractivity contribution in [3.63, 3.8) is 0 Å². The van der Waals surface area contributed by atoms with E-state index in [1.807, 2.05) is 0 Å². The fourth-order valence-corrected chi connectivity index (χ4v) is 1.18. The molecular formula is C10H7NO6. The number of Topliss-reactive ketones (excluding diaryl/α,β-unsaturated/α-hetero) is 2. The largest absolute Gasteiger partial charge is 0.388 e. The number of benzene rings is 1. The maximum atomic E-state index is 11.2. The van der Waals surface area contributed by atoms with Gasteiger partial charge in [-0.2, -0.15) is 0 Å². The van der Waals surface area contributed by atoms with Gasteiger partial charge in [0.2, 0.25) is 5.78 Å². The van der Waals surface area contributed by atoms with E-state index in [4.69, 9.17) is 5.11 Å². The van der Waals surface area contributed by atoms with Gasteiger partial charge in [-0.05, 0) is 6.07 Å². The molecule has 0 radical (unpaired) electrons. The summed E-state index contributed by atoms with van der Waals surface area (Å²) in [5.41, 5.74) is -0.938. The molecule has 0 unspecified atom stereocenters. The lowest BCUT2D eigenvalue weighted by atomic mass is 10.0. The Morgan fingerprint density at radius 1 is 1.29 bits per heavy atom. The topological polar surface area (TPSA) is 115 Å². The molecule has 17 heavy (non-hydrogen) atoms. The maximum absolute atomic E-state index is 11.2. The minimum absolute atomic E-state index is 0.00768. The highest BCUT2D eigenvalue weighted by Gasteiger charge is 2.16. The van der Waals surface area contributed by atoms with Crippen LogP contribution in [0.3, 0.4) is 0 Å². The highest BCUT2D eigenvalue weighted by Crippen LogP contribution is 2.17.